The molecule has 0 saturated carbocycles. The molecule has 8 nitrogen and oxygen atoms in total. The van der Waals surface area contributed by atoms with Gasteiger partial charge >= 0.3 is 5.97 Å². The Morgan fingerprint density at radius 2 is 2.20 bits per heavy atom. The highest BCUT2D eigenvalue weighted by Crippen LogP contribution is 2.21. The number of aromatic nitrogens is 2. The number of methoxy groups -OCH3 is 1. The Balaban J connectivity index is 1.80. The molecule has 2 aromatic heterocycles. The molecule has 3 aromatic rings. The highest BCUT2D eigenvalue weighted by Gasteiger charge is 2.12. The lowest BCUT2D eigenvalue weighted by Crippen LogP contribution is -2.03. The molecule has 0 bridgehead atoms. The van der Waals surface area contributed by atoms with E-state index in [9.17, 15) is 19.3 Å². The van der Waals surface area contributed by atoms with Crippen LogP contribution in [0.15, 0.2) is 36.5 Å². The van der Waals surface area contributed by atoms with Crippen molar-refractivity contribution in [2.45, 2.75) is 6.54 Å². The highest BCUT2D eigenvalue weighted by atomic mass is 19.1. The third kappa shape index (κ3) is 3.39. The average Bonchev–Trinajstić information content (AvgIpc) is 3.03. The van der Waals surface area contributed by atoms with Crippen LogP contribution in [0.4, 0.5) is 15.8 Å². The first-order chi connectivity index (χ1) is 12.0. The number of carbonyl (C=O) groups is 1. The Morgan fingerprint density at radius 1 is 1.40 bits per heavy atom. The predicted molar refractivity (Wildman–Crippen MR) is 87.8 cm³/mol. The lowest BCUT2D eigenvalue weighted by atomic mass is 10.2. The van der Waals surface area contributed by atoms with Crippen molar-refractivity contribution in [2.24, 2.45) is 0 Å². The maximum atomic E-state index is 13.8. The molecule has 2 heterocycles. The smallest absolute Gasteiger partial charge is 0.354 e. The number of nitro benzene ring substituents is 1. The molecule has 0 radical (unpaired) electrons. The molecule has 0 amide bonds. The van der Waals surface area contributed by atoms with Crippen LogP contribution in [0.2, 0.25) is 0 Å². The molecule has 2 N–H and O–H groups in total. The SMILES string of the molecule is COC(=O)c1cc2cc(NCc3cc([N+](=O)[O-])ccc3F)cnc2[nH]1. The molecule has 0 aliphatic heterocycles. The second-order valence-corrected chi connectivity index (χ2v) is 5.22. The summed E-state index contributed by atoms with van der Waals surface area (Å²) in [6.45, 7) is 0.0506. The van der Waals surface area contributed by atoms with E-state index in [0.29, 0.717) is 16.7 Å². The first-order valence-corrected chi connectivity index (χ1v) is 7.21. The van der Waals surface area contributed by atoms with Crippen molar-refractivity contribution < 1.29 is 18.8 Å². The fraction of sp³-hybridized carbons (Fsp3) is 0.125. The van der Waals surface area contributed by atoms with Gasteiger partial charge in [-0.05, 0) is 18.2 Å². The largest absolute Gasteiger partial charge is 0.464 e. The number of anilines is 1. The number of nitrogens with one attached hydrogen (secondary N) is 2. The molecular weight excluding hydrogens is 331 g/mol. The maximum absolute atomic E-state index is 13.8. The van der Waals surface area contributed by atoms with Crippen molar-refractivity contribution in [1.29, 1.82) is 0 Å². The zero-order valence-corrected chi connectivity index (χ0v) is 13.1. The number of rotatable bonds is 5. The van der Waals surface area contributed by atoms with Crippen molar-refractivity contribution in [2.75, 3.05) is 12.4 Å². The van der Waals surface area contributed by atoms with E-state index >= 15 is 0 Å². The molecule has 9 heteroatoms. The minimum atomic E-state index is -0.579. The average molecular weight is 344 g/mol. The Morgan fingerprint density at radius 3 is 2.92 bits per heavy atom. The summed E-state index contributed by atoms with van der Waals surface area (Å²) in [6.07, 6.45) is 1.51. The summed E-state index contributed by atoms with van der Waals surface area (Å²) in [6, 6.07) is 6.67. The number of non-ortho nitro benzene ring substituents is 1. The van der Waals surface area contributed by atoms with Gasteiger partial charge in [-0.2, -0.15) is 0 Å². The van der Waals surface area contributed by atoms with Gasteiger partial charge in [0.1, 0.15) is 17.2 Å². The van der Waals surface area contributed by atoms with Crippen molar-refractivity contribution in [3.8, 4) is 0 Å². The number of hydrogen-bond acceptors (Lipinski definition) is 6. The van der Waals surface area contributed by atoms with E-state index in [2.05, 4.69) is 20.0 Å². The minimum Gasteiger partial charge on any atom is -0.464 e. The van der Waals surface area contributed by atoms with Gasteiger partial charge in [0.05, 0.1) is 23.9 Å². The van der Waals surface area contributed by atoms with Crippen LogP contribution in [0.5, 0.6) is 0 Å². The molecule has 0 spiro atoms. The van der Waals surface area contributed by atoms with E-state index < -0.39 is 16.7 Å². The van der Waals surface area contributed by atoms with Crippen molar-refractivity contribution in [1.82, 2.24) is 9.97 Å². The fourth-order valence-corrected chi connectivity index (χ4v) is 2.34. The number of fused-ring (bicyclic) bond motifs is 1. The number of hydrogen-bond donors (Lipinski definition) is 2. The van der Waals surface area contributed by atoms with Gasteiger partial charge in [0.25, 0.3) is 5.69 Å². The van der Waals surface area contributed by atoms with Crippen LogP contribution in [0.1, 0.15) is 16.1 Å². The van der Waals surface area contributed by atoms with Gasteiger partial charge in [0, 0.05) is 29.6 Å². The molecule has 0 aliphatic carbocycles. The van der Waals surface area contributed by atoms with Crippen LogP contribution in [0.3, 0.4) is 0 Å². The zero-order chi connectivity index (χ0) is 18.0. The van der Waals surface area contributed by atoms with Crippen molar-refractivity contribution in [3.05, 3.63) is 63.7 Å². The lowest BCUT2D eigenvalue weighted by Gasteiger charge is -2.07. The lowest BCUT2D eigenvalue weighted by molar-refractivity contribution is -0.385. The van der Waals surface area contributed by atoms with Crippen LogP contribution in [-0.4, -0.2) is 28.0 Å². The first kappa shape index (κ1) is 16.4. The number of H-pyrrole nitrogens is 1. The normalized spacial score (nSPS) is 10.6. The molecule has 0 unspecified atom stereocenters. The Labute approximate surface area is 140 Å². The molecule has 128 valence electrons. The Kier molecular flexibility index (Phi) is 4.29. The number of pyridine rings is 1. The van der Waals surface area contributed by atoms with Crippen LogP contribution in [-0.2, 0) is 11.3 Å². The van der Waals surface area contributed by atoms with E-state index in [1.165, 1.54) is 19.4 Å². The van der Waals surface area contributed by atoms with E-state index in [-0.39, 0.29) is 23.5 Å². The summed E-state index contributed by atoms with van der Waals surface area (Å²) in [7, 11) is 1.28. The van der Waals surface area contributed by atoms with E-state index in [0.717, 1.165) is 12.1 Å². The van der Waals surface area contributed by atoms with Gasteiger partial charge in [-0.15, -0.1) is 0 Å². The standard InChI is InChI=1S/C16H13FN4O4/c1-25-16(22)14-6-9-4-11(8-19-15(9)20-14)18-7-10-5-12(21(23)24)2-3-13(10)17/h2-6,8,18H,7H2,1H3,(H,19,20). The van der Waals surface area contributed by atoms with Crippen LogP contribution < -0.4 is 5.32 Å². The summed E-state index contributed by atoms with van der Waals surface area (Å²) in [5, 5.41) is 14.4. The number of nitrogens with zero attached hydrogens (tertiary/aromatic N) is 2. The molecular formula is C16H13FN4O4. The topological polar surface area (TPSA) is 110 Å². The highest BCUT2D eigenvalue weighted by molar-refractivity contribution is 5.94. The molecule has 0 atom stereocenters. The third-order valence-corrected chi connectivity index (χ3v) is 3.60. The van der Waals surface area contributed by atoms with Crippen molar-refractivity contribution >= 4 is 28.4 Å². The fourth-order valence-electron chi connectivity index (χ4n) is 2.34. The molecule has 0 saturated heterocycles. The van der Waals surface area contributed by atoms with Crippen molar-refractivity contribution in [3.63, 3.8) is 0 Å². The van der Waals surface area contributed by atoms with Gasteiger partial charge in [0.15, 0.2) is 0 Å². The van der Waals surface area contributed by atoms with Gasteiger partial charge in [-0.1, -0.05) is 0 Å². The maximum Gasteiger partial charge on any atom is 0.354 e. The molecule has 3 rings (SSSR count). The van der Waals surface area contributed by atoms with E-state index in [1.54, 1.807) is 12.1 Å². The second-order valence-electron chi connectivity index (χ2n) is 5.22. The summed E-state index contributed by atoms with van der Waals surface area (Å²) in [4.78, 5) is 28.7. The number of ether oxygens (including phenoxy) is 1. The van der Waals surface area contributed by atoms with Gasteiger partial charge < -0.3 is 15.0 Å². The zero-order valence-electron chi connectivity index (χ0n) is 13.1. The number of benzene rings is 1. The van der Waals surface area contributed by atoms with E-state index in [4.69, 9.17) is 0 Å². The third-order valence-electron chi connectivity index (χ3n) is 3.60. The molecule has 0 fully saturated rings. The monoisotopic (exact) mass is 344 g/mol. The van der Waals surface area contributed by atoms with Gasteiger partial charge in [-0.3, -0.25) is 10.1 Å². The molecule has 25 heavy (non-hydrogen) atoms. The summed E-state index contributed by atoms with van der Waals surface area (Å²) >= 11 is 0. The number of aromatic amines is 1. The number of halogens is 1. The van der Waals surface area contributed by atoms with Crippen LogP contribution >= 0.6 is 0 Å². The molecule has 1 aromatic carbocycles. The number of nitro groups is 1. The van der Waals surface area contributed by atoms with Crippen LogP contribution in [0.25, 0.3) is 11.0 Å². The first-order valence-electron chi connectivity index (χ1n) is 7.21. The van der Waals surface area contributed by atoms with Gasteiger partial charge in [0.2, 0.25) is 0 Å². The Hall–Kier alpha value is -3.49. The number of esters is 1. The second kappa shape index (κ2) is 6.56. The summed E-state index contributed by atoms with van der Waals surface area (Å²) in [5.74, 6) is -1.05. The van der Waals surface area contributed by atoms with Crippen LogP contribution in [0, 0.1) is 15.9 Å². The van der Waals surface area contributed by atoms with E-state index in [1.807, 2.05) is 0 Å². The summed E-state index contributed by atoms with van der Waals surface area (Å²) in [5.41, 5.74) is 1.34. The Bertz CT molecular complexity index is 970. The molecule has 0 aliphatic rings. The minimum absolute atomic E-state index is 0.0506. The number of carbonyl (C=O) groups excluding carboxylic acids is 1. The summed E-state index contributed by atoms with van der Waals surface area (Å²) < 4.78 is 18.4. The predicted octanol–water partition coefficient (Wildman–Crippen LogP) is 3.01. The quantitative estimate of drug-likeness (QED) is 0.418. The van der Waals surface area contributed by atoms with Gasteiger partial charge in [-0.25, -0.2) is 14.2 Å².